The summed E-state index contributed by atoms with van der Waals surface area (Å²) in [5.74, 6) is 0.916. The maximum Gasteiger partial charge on any atom is 0.130 e. The van der Waals surface area contributed by atoms with Gasteiger partial charge in [0.25, 0.3) is 0 Å². The van der Waals surface area contributed by atoms with Crippen LogP contribution in [0.1, 0.15) is 96.0 Å². The number of benzene rings is 1. The van der Waals surface area contributed by atoms with E-state index in [0.29, 0.717) is 6.61 Å². The van der Waals surface area contributed by atoms with Crippen molar-refractivity contribution in [3.63, 3.8) is 0 Å². The van der Waals surface area contributed by atoms with E-state index in [1.54, 1.807) is 0 Å². The Bertz CT molecular complexity index is 591. The number of hydrazine groups is 1. The Kier molecular flexibility index (Phi) is 12.1. The summed E-state index contributed by atoms with van der Waals surface area (Å²) in [5.41, 5.74) is 9.29. The lowest BCUT2D eigenvalue weighted by Crippen LogP contribution is -2.25. The zero-order chi connectivity index (χ0) is 20.6. The summed E-state index contributed by atoms with van der Waals surface area (Å²) in [6.07, 6.45) is 21.4. The van der Waals surface area contributed by atoms with Gasteiger partial charge >= 0.3 is 0 Å². The molecule has 0 saturated heterocycles. The average Bonchev–Trinajstić information content (AvgIpc) is 3.16. The average molecular weight is 399 g/mol. The molecule has 2 rings (SSSR count). The molecule has 0 radical (unpaired) electrons. The summed E-state index contributed by atoms with van der Waals surface area (Å²) in [5, 5.41) is 0. The first-order valence-electron chi connectivity index (χ1n) is 11.9. The van der Waals surface area contributed by atoms with Crippen molar-refractivity contribution in [1.82, 2.24) is 10.9 Å². The topological polar surface area (TPSA) is 33.3 Å². The fourth-order valence-electron chi connectivity index (χ4n) is 3.78. The van der Waals surface area contributed by atoms with Gasteiger partial charge in [0, 0.05) is 5.70 Å². The second kappa shape index (κ2) is 15.0. The summed E-state index contributed by atoms with van der Waals surface area (Å²) in [6, 6.07) is 8.55. The van der Waals surface area contributed by atoms with Gasteiger partial charge in [0.05, 0.1) is 5.70 Å². The van der Waals surface area contributed by atoms with Gasteiger partial charge in [0.2, 0.25) is 0 Å². The first-order valence-corrected chi connectivity index (χ1v) is 11.9. The second-order valence-electron chi connectivity index (χ2n) is 8.37. The van der Waals surface area contributed by atoms with E-state index in [1.165, 1.54) is 95.5 Å². The van der Waals surface area contributed by atoms with Crippen LogP contribution in [0.3, 0.4) is 0 Å². The quantitative estimate of drug-likeness (QED) is 0.272. The van der Waals surface area contributed by atoms with Crippen molar-refractivity contribution in [1.29, 1.82) is 0 Å². The first-order chi connectivity index (χ1) is 14.3. The largest absolute Gasteiger partial charge is 0.487 e. The summed E-state index contributed by atoms with van der Waals surface area (Å²) in [6.45, 7) is 6.66. The lowest BCUT2D eigenvalue weighted by molar-refractivity contribution is 0.342. The van der Waals surface area contributed by atoms with Crippen LogP contribution in [-0.2, 0) is 6.42 Å². The van der Waals surface area contributed by atoms with Crippen molar-refractivity contribution in [2.75, 3.05) is 6.61 Å². The Morgan fingerprint density at radius 3 is 1.79 bits per heavy atom. The smallest absolute Gasteiger partial charge is 0.130 e. The number of hydrogen-bond donors (Lipinski definition) is 2. The molecule has 0 unspecified atom stereocenters. The van der Waals surface area contributed by atoms with E-state index in [1.807, 2.05) is 6.08 Å². The van der Waals surface area contributed by atoms with Crippen LogP contribution in [-0.4, -0.2) is 6.61 Å². The lowest BCUT2D eigenvalue weighted by Gasteiger charge is -2.08. The van der Waals surface area contributed by atoms with E-state index in [4.69, 9.17) is 4.74 Å². The number of unbranched alkanes of at least 4 members (excludes halogenated alkanes) is 12. The number of aryl methyl sites for hydroxylation is 1. The molecule has 1 aliphatic heterocycles. The molecule has 3 nitrogen and oxygen atoms in total. The van der Waals surface area contributed by atoms with Crippen LogP contribution in [0.4, 0.5) is 0 Å². The maximum absolute atomic E-state index is 5.80. The molecule has 1 aromatic carbocycles. The Labute approximate surface area is 179 Å². The molecule has 29 heavy (non-hydrogen) atoms. The molecule has 0 spiro atoms. The minimum Gasteiger partial charge on any atom is -0.487 e. The standard InChI is InChI=1S/C26H42N2O/c1-3-4-5-6-7-8-9-10-11-12-13-14-15-16-24-17-19-26(20-18-24)29-22-25-21-23(2)27-28-25/h17-21,27-28H,2-16,22H2,1H3. The van der Waals surface area contributed by atoms with E-state index < -0.39 is 0 Å². The van der Waals surface area contributed by atoms with Crippen LogP contribution in [0.2, 0.25) is 0 Å². The molecule has 162 valence electrons. The highest BCUT2D eigenvalue weighted by molar-refractivity contribution is 5.29. The third-order valence-electron chi connectivity index (χ3n) is 5.62. The van der Waals surface area contributed by atoms with E-state index in [-0.39, 0.29) is 0 Å². The summed E-state index contributed by atoms with van der Waals surface area (Å²) >= 11 is 0. The van der Waals surface area contributed by atoms with E-state index in [2.05, 4.69) is 48.6 Å². The van der Waals surface area contributed by atoms with Gasteiger partial charge < -0.3 is 15.6 Å². The van der Waals surface area contributed by atoms with E-state index in [0.717, 1.165) is 17.1 Å². The van der Waals surface area contributed by atoms with Gasteiger partial charge in [-0.1, -0.05) is 103 Å². The van der Waals surface area contributed by atoms with Crippen molar-refractivity contribution >= 4 is 0 Å². The summed E-state index contributed by atoms with van der Waals surface area (Å²) < 4.78 is 5.80. The number of ether oxygens (including phenoxy) is 1. The molecule has 1 aliphatic rings. The predicted octanol–water partition coefficient (Wildman–Crippen LogP) is 7.20. The molecule has 0 aromatic heterocycles. The molecular weight excluding hydrogens is 356 g/mol. The Hall–Kier alpha value is -1.90. The fraction of sp³-hybridized carbons (Fsp3) is 0.615. The van der Waals surface area contributed by atoms with Crippen molar-refractivity contribution in [2.45, 2.75) is 96.8 Å². The van der Waals surface area contributed by atoms with Crippen molar-refractivity contribution in [3.8, 4) is 5.75 Å². The molecule has 1 heterocycles. The normalized spacial score (nSPS) is 13.1. The third kappa shape index (κ3) is 11.0. The number of nitrogens with one attached hydrogen (secondary N) is 2. The Balaban J connectivity index is 1.41. The molecule has 0 bridgehead atoms. The number of allylic oxidation sites excluding steroid dienone is 1. The Morgan fingerprint density at radius 2 is 1.28 bits per heavy atom. The maximum atomic E-state index is 5.80. The Morgan fingerprint density at radius 1 is 0.724 bits per heavy atom. The van der Waals surface area contributed by atoms with Crippen LogP contribution >= 0.6 is 0 Å². The van der Waals surface area contributed by atoms with Gasteiger partial charge in [0.15, 0.2) is 0 Å². The van der Waals surface area contributed by atoms with Crippen LogP contribution in [0.15, 0.2) is 48.3 Å². The first kappa shape index (κ1) is 23.4. The molecule has 1 aromatic rings. The molecule has 0 aliphatic carbocycles. The van der Waals surface area contributed by atoms with Crippen LogP contribution < -0.4 is 15.6 Å². The third-order valence-corrected chi connectivity index (χ3v) is 5.62. The molecular formula is C26H42N2O. The van der Waals surface area contributed by atoms with Gasteiger partial charge in [-0.25, -0.2) is 0 Å². The van der Waals surface area contributed by atoms with Gasteiger partial charge in [-0.2, -0.15) is 0 Å². The van der Waals surface area contributed by atoms with E-state index >= 15 is 0 Å². The molecule has 0 fully saturated rings. The zero-order valence-corrected chi connectivity index (χ0v) is 18.6. The van der Waals surface area contributed by atoms with Gasteiger partial charge in [0.1, 0.15) is 12.4 Å². The van der Waals surface area contributed by atoms with Crippen molar-refractivity contribution < 1.29 is 4.74 Å². The number of rotatable bonds is 17. The highest BCUT2D eigenvalue weighted by atomic mass is 16.5. The van der Waals surface area contributed by atoms with Crippen molar-refractivity contribution in [2.24, 2.45) is 0 Å². The van der Waals surface area contributed by atoms with Crippen LogP contribution in [0, 0.1) is 0 Å². The highest BCUT2D eigenvalue weighted by Gasteiger charge is 2.06. The SMILES string of the molecule is C=C1C=C(COc2ccc(CCCCCCCCCCCCCCC)cc2)NN1. The molecule has 0 saturated carbocycles. The van der Waals surface area contributed by atoms with Gasteiger partial charge in [-0.15, -0.1) is 0 Å². The molecule has 0 atom stereocenters. The lowest BCUT2D eigenvalue weighted by atomic mass is 10.0. The van der Waals surface area contributed by atoms with Gasteiger partial charge in [-0.3, -0.25) is 0 Å². The molecule has 0 amide bonds. The van der Waals surface area contributed by atoms with Crippen molar-refractivity contribution in [3.05, 3.63) is 53.9 Å². The minimum atomic E-state index is 0.532. The van der Waals surface area contributed by atoms with Gasteiger partial charge in [-0.05, 0) is 36.6 Å². The fourth-order valence-corrected chi connectivity index (χ4v) is 3.78. The minimum absolute atomic E-state index is 0.532. The van der Waals surface area contributed by atoms with Crippen LogP contribution in [0.25, 0.3) is 0 Å². The zero-order valence-electron chi connectivity index (χ0n) is 18.6. The predicted molar refractivity (Wildman–Crippen MR) is 125 cm³/mol. The van der Waals surface area contributed by atoms with Crippen LogP contribution in [0.5, 0.6) is 5.75 Å². The summed E-state index contributed by atoms with van der Waals surface area (Å²) in [4.78, 5) is 0. The number of hydrogen-bond acceptors (Lipinski definition) is 3. The summed E-state index contributed by atoms with van der Waals surface area (Å²) in [7, 11) is 0. The molecule has 2 N–H and O–H groups in total. The monoisotopic (exact) mass is 398 g/mol. The highest BCUT2D eigenvalue weighted by Crippen LogP contribution is 2.17. The second-order valence-corrected chi connectivity index (χ2v) is 8.37. The van der Waals surface area contributed by atoms with E-state index in [9.17, 15) is 0 Å². The molecule has 3 heteroatoms.